The minimum Gasteiger partial charge on any atom is -0.368 e. The molecule has 0 saturated carbocycles. The van der Waals surface area contributed by atoms with Gasteiger partial charge in [0, 0.05) is 51.4 Å². The lowest BCUT2D eigenvalue weighted by Gasteiger charge is -2.37. The van der Waals surface area contributed by atoms with Crippen LogP contribution < -0.4 is 10.2 Å². The summed E-state index contributed by atoms with van der Waals surface area (Å²) >= 11 is 0. The summed E-state index contributed by atoms with van der Waals surface area (Å²) in [5.41, 5.74) is 0.986. The van der Waals surface area contributed by atoms with Crippen LogP contribution in [0, 0.1) is 5.82 Å². The molecule has 1 aliphatic rings. The van der Waals surface area contributed by atoms with Crippen LogP contribution in [0.2, 0.25) is 0 Å². The van der Waals surface area contributed by atoms with Crippen molar-refractivity contribution in [2.24, 2.45) is 4.99 Å². The maximum absolute atomic E-state index is 13.0. The van der Waals surface area contributed by atoms with Crippen LogP contribution in [0.1, 0.15) is 26.2 Å². The molecule has 1 heterocycles. The molecule has 0 unspecified atom stereocenters. The van der Waals surface area contributed by atoms with Gasteiger partial charge in [0.15, 0.2) is 5.96 Å². The van der Waals surface area contributed by atoms with E-state index in [4.69, 9.17) is 0 Å². The van der Waals surface area contributed by atoms with Gasteiger partial charge >= 0.3 is 6.18 Å². The van der Waals surface area contributed by atoms with Gasteiger partial charge in [0.05, 0.1) is 0 Å². The summed E-state index contributed by atoms with van der Waals surface area (Å²) in [6.07, 6.45) is -4.32. The van der Waals surface area contributed by atoms with E-state index in [0.29, 0.717) is 19.5 Å². The molecule has 1 aromatic carbocycles. The maximum Gasteiger partial charge on any atom is 0.389 e. The molecule has 0 spiro atoms. The quantitative estimate of drug-likeness (QED) is 0.357. The summed E-state index contributed by atoms with van der Waals surface area (Å²) in [4.78, 5) is 8.76. The lowest BCUT2D eigenvalue weighted by molar-refractivity contribution is -0.135. The minimum absolute atomic E-state index is 0.102. The number of rotatable bonds is 6. The van der Waals surface area contributed by atoms with Crippen LogP contribution in [0.3, 0.4) is 0 Å². The third kappa shape index (κ3) is 6.72. The highest BCUT2D eigenvalue weighted by molar-refractivity contribution is 5.80. The van der Waals surface area contributed by atoms with E-state index in [1.165, 1.54) is 12.1 Å². The van der Waals surface area contributed by atoms with Crippen molar-refractivity contribution < 1.29 is 17.6 Å². The van der Waals surface area contributed by atoms with Crippen molar-refractivity contribution in [2.75, 3.05) is 44.2 Å². The van der Waals surface area contributed by atoms with Crippen LogP contribution in [0.4, 0.5) is 23.2 Å². The topological polar surface area (TPSA) is 30.9 Å². The number of nitrogens with one attached hydrogen (secondary N) is 1. The number of hydrogen-bond donors (Lipinski definition) is 1. The van der Waals surface area contributed by atoms with Gasteiger partial charge in [-0.3, -0.25) is 4.99 Å². The van der Waals surface area contributed by atoms with Crippen LogP contribution in [-0.4, -0.2) is 56.3 Å². The number of piperazine rings is 1. The smallest absolute Gasteiger partial charge is 0.368 e. The SMILES string of the molecule is CCNC(=NCCCCC(F)(F)F)N1CCN(c2ccc(F)cc2)CC1. The van der Waals surface area contributed by atoms with Gasteiger partial charge in [-0.2, -0.15) is 13.2 Å². The number of aliphatic imine (C=N–C) groups is 1. The van der Waals surface area contributed by atoms with Crippen molar-refractivity contribution in [1.29, 1.82) is 0 Å². The van der Waals surface area contributed by atoms with E-state index >= 15 is 0 Å². The number of benzene rings is 1. The van der Waals surface area contributed by atoms with Gasteiger partial charge in [0.2, 0.25) is 0 Å². The van der Waals surface area contributed by atoms with E-state index in [1.807, 2.05) is 6.92 Å². The third-order valence-electron chi connectivity index (χ3n) is 4.24. The van der Waals surface area contributed by atoms with Crippen LogP contribution in [0.25, 0.3) is 0 Å². The second-order valence-corrected chi connectivity index (χ2v) is 6.26. The fourth-order valence-corrected chi connectivity index (χ4v) is 2.88. The molecule has 146 valence electrons. The molecule has 0 radical (unpaired) electrons. The highest BCUT2D eigenvalue weighted by Crippen LogP contribution is 2.22. The standard InChI is InChI=1S/C18H26F4N4/c1-2-23-17(24-10-4-3-9-18(20,21)22)26-13-11-25(12-14-26)16-7-5-15(19)6-8-16/h5-8H,2-4,9-14H2,1H3,(H,23,24). The van der Waals surface area contributed by atoms with E-state index in [2.05, 4.69) is 20.1 Å². The first-order chi connectivity index (χ1) is 12.4. The number of guanidine groups is 1. The summed E-state index contributed by atoms with van der Waals surface area (Å²) in [7, 11) is 0. The zero-order valence-electron chi connectivity index (χ0n) is 15.0. The molecule has 0 atom stereocenters. The zero-order valence-corrected chi connectivity index (χ0v) is 15.0. The monoisotopic (exact) mass is 374 g/mol. The van der Waals surface area contributed by atoms with Crippen molar-refractivity contribution in [3.63, 3.8) is 0 Å². The number of nitrogens with zero attached hydrogens (tertiary/aromatic N) is 3. The molecule has 0 aliphatic carbocycles. The predicted octanol–water partition coefficient (Wildman–Crippen LogP) is 3.65. The van der Waals surface area contributed by atoms with Gasteiger partial charge in [-0.15, -0.1) is 0 Å². The Morgan fingerprint density at radius 2 is 1.73 bits per heavy atom. The first-order valence-corrected chi connectivity index (χ1v) is 8.99. The molecule has 0 aromatic heterocycles. The Labute approximate surface area is 151 Å². The second-order valence-electron chi connectivity index (χ2n) is 6.26. The van der Waals surface area contributed by atoms with Crippen molar-refractivity contribution in [1.82, 2.24) is 10.2 Å². The van der Waals surface area contributed by atoms with Gasteiger partial charge in [0.1, 0.15) is 5.82 Å². The zero-order chi connectivity index (χ0) is 19.0. The van der Waals surface area contributed by atoms with Gasteiger partial charge in [0.25, 0.3) is 0 Å². The summed E-state index contributed by atoms with van der Waals surface area (Å²) < 4.78 is 49.5. The van der Waals surface area contributed by atoms with Crippen LogP contribution in [0.15, 0.2) is 29.3 Å². The number of alkyl halides is 3. The molecule has 1 saturated heterocycles. The van der Waals surface area contributed by atoms with E-state index in [1.54, 1.807) is 12.1 Å². The van der Waals surface area contributed by atoms with E-state index < -0.39 is 12.6 Å². The first-order valence-electron chi connectivity index (χ1n) is 8.99. The third-order valence-corrected chi connectivity index (χ3v) is 4.24. The fraction of sp³-hybridized carbons (Fsp3) is 0.611. The Morgan fingerprint density at radius 3 is 2.31 bits per heavy atom. The molecular formula is C18H26F4N4. The molecule has 1 N–H and O–H groups in total. The predicted molar refractivity (Wildman–Crippen MR) is 96.1 cm³/mol. The lowest BCUT2D eigenvalue weighted by Crippen LogP contribution is -2.52. The van der Waals surface area contributed by atoms with E-state index in [-0.39, 0.29) is 12.2 Å². The van der Waals surface area contributed by atoms with Crippen molar-refractivity contribution in [3.8, 4) is 0 Å². The van der Waals surface area contributed by atoms with Crippen LogP contribution >= 0.6 is 0 Å². The number of anilines is 1. The van der Waals surface area contributed by atoms with E-state index in [9.17, 15) is 17.6 Å². The number of hydrogen-bond acceptors (Lipinski definition) is 2. The molecule has 2 rings (SSSR count). The second kappa shape index (κ2) is 9.64. The molecule has 4 nitrogen and oxygen atoms in total. The summed E-state index contributed by atoms with van der Waals surface area (Å²) in [5, 5.41) is 3.21. The number of halogens is 4. The Bertz CT molecular complexity index is 564. The van der Waals surface area contributed by atoms with Gasteiger partial charge < -0.3 is 15.1 Å². The fourth-order valence-electron chi connectivity index (χ4n) is 2.88. The molecule has 26 heavy (non-hydrogen) atoms. The molecule has 1 fully saturated rings. The highest BCUT2D eigenvalue weighted by atomic mass is 19.4. The number of unbranched alkanes of at least 4 members (excludes halogenated alkanes) is 1. The maximum atomic E-state index is 13.0. The van der Waals surface area contributed by atoms with Gasteiger partial charge in [-0.1, -0.05) is 0 Å². The molecule has 0 amide bonds. The molecule has 1 aromatic rings. The average Bonchev–Trinajstić information content (AvgIpc) is 2.60. The highest BCUT2D eigenvalue weighted by Gasteiger charge is 2.25. The Balaban J connectivity index is 1.82. The first kappa shape index (κ1) is 20.3. The largest absolute Gasteiger partial charge is 0.389 e. The summed E-state index contributed by atoms with van der Waals surface area (Å²) in [5.74, 6) is 0.498. The molecular weight excluding hydrogens is 348 g/mol. The minimum atomic E-state index is -4.09. The van der Waals surface area contributed by atoms with E-state index in [0.717, 1.165) is 37.8 Å². The Morgan fingerprint density at radius 1 is 1.08 bits per heavy atom. The van der Waals surface area contributed by atoms with Crippen molar-refractivity contribution >= 4 is 11.6 Å². The summed E-state index contributed by atoms with van der Waals surface area (Å²) in [6.45, 7) is 6.13. The molecule has 1 aliphatic heterocycles. The van der Waals surface area contributed by atoms with Crippen LogP contribution in [-0.2, 0) is 0 Å². The molecule has 8 heteroatoms. The van der Waals surface area contributed by atoms with Crippen molar-refractivity contribution in [3.05, 3.63) is 30.1 Å². The van der Waals surface area contributed by atoms with Crippen molar-refractivity contribution in [2.45, 2.75) is 32.4 Å². The van der Waals surface area contributed by atoms with Gasteiger partial charge in [-0.05, 0) is 44.0 Å². The normalized spacial score (nSPS) is 16.1. The Kier molecular flexibility index (Phi) is 7.53. The Hall–Kier alpha value is -1.99. The molecule has 0 bridgehead atoms. The average molecular weight is 374 g/mol. The summed E-state index contributed by atoms with van der Waals surface area (Å²) in [6, 6.07) is 6.44. The van der Waals surface area contributed by atoms with Crippen LogP contribution in [0.5, 0.6) is 0 Å². The van der Waals surface area contributed by atoms with Gasteiger partial charge in [-0.25, -0.2) is 4.39 Å². The lowest BCUT2D eigenvalue weighted by atomic mass is 10.2.